The molecule has 36 heavy (non-hydrogen) atoms. The van der Waals surface area contributed by atoms with Crippen LogP contribution in [0.3, 0.4) is 0 Å². The number of carbonyl (C=O) groups excluding carboxylic acids is 1. The Kier molecular flexibility index (Phi) is 5.75. The third kappa shape index (κ3) is 4.05. The topological polar surface area (TPSA) is 99.2 Å². The second-order valence-electron chi connectivity index (χ2n) is 9.33. The molecule has 9 heteroatoms. The SMILES string of the molecule is O=C([C@H](O)c1cccc(Cl)c1)N1CCc2nc(C3(c4cc(-c5cccnc5)cs4)CC3)[nH]c(=O)c2C1. The van der Waals surface area contributed by atoms with Crippen molar-refractivity contribution >= 4 is 28.8 Å². The summed E-state index contributed by atoms with van der Waals surface area (Å²) in [5, 5.41) is 13.2. The molecule has 6 rings (SSSR count). The van der Waals surface area contributed by atoms with Gasteiger partial charge in [0.15, 0.2) is 6.10 Å². The molecule has 0 bridgehead atoms. The summed E-state index contributed by atoms with van der Waals surface area (Å²) < 4.78 is 0. The first-order valence-electron chi connectivity index (χ1n) is 11.8. The quantitative estimate of drug-likeness (QED) is 0.411. The van der Waals surface area contributed by atoms with Gasteiger partial charge in [-0.2, -0.15) is 0 Å². The van der Waals surface area contributed by atoms with Crippen LogP contribution in [0.2, 0.25) is 5.02 Å². The molecular formula is C27H23ClN4O3S. The van der Waals surface area contributed by atoms with Crippen LogP contribution in [0.15, 0.2) is 65.0 Å². The average molecular weight is 519 g/mol. The van der Waals surface area contributed by atoms with E-state index >= 15 is 0 Å². The number of benzene rings is 1. The van der Waals surface area contributed by atoms with Gasteiger partial charge in [0.25, 0.3) is 11.5 Å². The Labute approximate surface area is 216 Å². The number of nitrogens with one attached hydrogen (secondary N) is 1. The molecule has 1 atom stereocenters. The Bertz CT molecular complexity index is 1510. The zero-order valence-corrected chi connectivity index (χ0v) is 20.9. The number of aromatic nitrogens is 3. The van der Waals surface area contributed by atoms with Crippen LogP contribution in [0.5, 0.6) is 0 Å². The summed E-state index contributed by atoms with van der Waals surface area (Å²) in [7, 11) is 0. The lowest BCUT2D eigenvalue weighted by atomic mass is 10.00. The molecule has 0 saturated heterocycles. The van der Waals surface area contributed by atoms with E-state index in [-0.39, 0.29) is 17.5 Å². The Balaban J connectivity index is 1.25. The maximum absolute atomic E-state index is 13.2. The fraction of sp³-hybridized carbons (Fsp3) is 0.259. The number of pyridine rings is 1. The van der Waals surface area contributed by atoms with E-state index in [2.05, 4.69) is 21.4 Å². The van der Waals surface area contributed by atoms with Gasteiger partial charge < -0.3 is 15.0 Å². The van der Waals surface area contributed by atoms with Gasteiger partial charge in [0.2, 0.25) is 0 Å². The maximum atomic E-state index is 13.2. The van der Waals surface area contributed by atoms with Crippen molar-refractivity contribution in [2.24, 2.45) is 0 Å². The number of aliphatic hydroxyl groups excluding tert-OH is 1. The molecule has 1 fully saturated rings. The lowest BCUT2D eigenvalue weighted by molar-refractivity contribution is -0.141. The van der Waals surface area contributed by atoms with Crippen LogP contribution < -0.4 is 5.56 Å². The number of thiophene rings is 1. The molecule has 1 aliphatic heterocycles. The highest BCUT2D eigenvalue weighted by Crippen LogP contribution is 2.54. The number of nitrogens with zero attached hydrogens (tertiary/aromatic N) is 3. The van der Waals surface area contributed by atoms with E-state index in [4.69, 9.17) is 16.6 Å². The number of hydrogen-bond donors (Lipinski definition) is 2. The van der Waals surface area contributed by atoms with E-state index in [1.807, 2.05) is 18.3 Å². The largest absolute Gasteiger partial charge is 0.378 e. The van der Waals surface area contributed by atoms with Gasteiger partial charge in [-0.15, -0.1) is 11.3 Å². The molecular weight excluding hydrogens is 496 g/mol. The fourth-order valence-electron chi connectivity index (χ4n) is 4.83. The zero-order chi connectivity index (χ0) is 24.9. The second-order valence-corrected chi connectivity index (χ2v) is 10.7. The molecule has 1 aliphatic carbocycles. The summed E-state index contributed by atoms with van der Waals surface area (Å²) in [6.07, 6.45) is 4.59. The lowest BCUT2D eigenvalue weighted by Gasteiger charge is -2.30. The van der Waals surface area contributed by atoms with Gasteiger partial charge in [0.05, 0.1) is 23.2 Å². The van der Waals surface area contributed by atoms with Crippen LogP contribution in [0.1, 0.15) is 46.5 Å². The first-order valence-corrected chi connectivity index (χ1v) is 13.0. The highest BCUT2D eigenvalue weighted by Gasteiger charge is 2.50. The van der Waals surface area contributed by atoms with Gasteiger partial charge in [-0.05, 0) is 53.6 Å². The molecule has 4 heterocycles. The van der Waals surface area contributed by atoms with Crippen molar-refractivity contribution in [3.63, 3.8) is 0 Å². The van der Waals surface area contributed by atoms with E-state index < -0.39 is 12.0 Å². The number of amides is 1. The summed E-state index contributed by atoms with van der Waals surface area (Å²) in [5.41, 5.74) is 3.32. The van der Waals surface area contributed by atoms with Crippen LogP contribution in [-0.4, -0.2) is 37.4 Å². The first-order chi connectivity index (χ1) is 17.4. The molecule has 7 nitrogen and oxygen atoms in total. The minimum Gasteiger partial charge on any atom is -0.378 e. The predicted molar refractivity (Wildman–Crippen MR) is 138 cm³/mol. The molecule has 2 aliphatic rings. The van der Waals surface area contributed by atoms with Gasteiger partial charge in [0, 0.05) is 40.8 Å². The molecule has 3 aromatic heterocycles. The maximum Gasteiger partial charge on any atom is 0.256 e. The summed E-state index contributed by atoms with van der Waals surface area (Å²) >= 11 is 7.69. The number of aromatic amines is 1. The Morgan fingerprint density at radius 2 is 2.06 bits per heavy atom. The molecule has 4 aromatic rings. The molecule has 1 saturated carbocycles. The first kappa shape index (κ1) is 23.1. The van der Waals surface area contributed by atoms with Crippen LogP contribution in [-0.2, 0) is 23.2 Å². The molecule has 1 amide bonds. The van der Waals surface area contributed by atoms with Crippen LogP contribution >= 0.6 is 22.9 Å². The van der Waals surface area contributed by atoms with E-state index in [9.17, 15) is 14.7 Å². The summed E-state index contributed by atoms with van der Waals surface area (Å²) in [6, 6.07) is 12.7. The molecule has 0 unspecified atom stereocenters. The van der Waals surface area contributed by atoms with Gasteiger partial charge in [0.1, 0.15) is 5.82 Å². The molecule has 2 N–H and O–H groups in total. The normalized spacial score (nSPS) is 16.9. The monoisotopic (exact) mass is 518 g/mol. The lowest BCUT2D eigenvalue weighted by Crippen LogP contribution is -2.42. The van der Waals surface area contributed by atoms with Crippen molar-refractivity contribution in [1.82, 2.24) is 19.9 Å². The van der Waals surface area contributed by atoms with Gasteiger partial charge in [-0.3, -0.25) is 14.6 Å². The smallest absolute Gasteiger partial charge is 0.256 e. The average Bonchev–Trinajstić information content (AvgIpc) is 3.57. The minimum atomic E-state index is -1.33. The highest BCUT2D eigenvalue weighted by molar-refractivity contribution is 7.10. The van der Waals surface area contributed by atoms with Crippen molar-refractivity contribution in [2.45, 2.75) is 37.3 Å². The number of aliphatic hydroxyl groups is 1. The van der Waals surface area contributed by atoms with Crippen molar-refractivity contribution in [3.05, 3.63) is 103 Å². The van der Waals surface area contributed by atoms with Crippen LogP contribution in [0.25, 0.3) is 11.1 Å². The predicted octanol–water partition coefficient (Wildman–Crippen LogP) is 4.25. The fourth-order valence-corrected chi connectivity index (χ4v) is 6.21. The number of halogens is 1. The van der Waals surface area contributed by atoms with Gasteiger partial charge in [-0.1, -0.05) is 29.8 Å². The van der Waals surface area contributed by atoms with Gasteiger partial charge in [-0.25, -0.2) is 4.98 Å². The van der Waals surface area contributed by atoms with E-state index in [0.717, 1.165) is 29.7 Å². The molecule has 0 radical (unpaired) electrons. The Morgan fingerprint density at radius 3 is 2.81 bits per heavy atom. The van der Waals surface area contributed by atoms with Crippen molar-refractivity contribution in [1.29, 1.82) is 0 Å². The van der Waals surface area contributed by atoms with Crippen molar-refractivity contribution in [2.75, 3.05) is 6.54 Å². The Morgan fingerprint density at radius 1 is 1.19 bits per heavy atom. The van der Waals surface area contributed by atoms with Crippen LogP contribution in [0.4, 0.5) is 0 Å². The third-order valence-corrected chi connectivity index (χ3v) is 8.42. The number of fused-ring (bicyclic) bond motifs is 1. The number of hydrogen-bond acceptors (Lipinski definition) is 6. The van der Waals surface area contributed by atoms with Crippen molar-refractivity contribution < 1.29 is 9.90 Å². The summed E-state index contributed by atoms with van der Waals surface area (Å²) in [5.74, 6) is 0.246. The van der Waals surface area contributed by atoms with E-state index in [0.29, 0.717) is 34.9 Å². The molecule has 0 spiro atoms. The second kappa shape index (κ2) is 8.96. The van der Waals surface area contributed by atoms with Crippen LogP contribution in [0, 0.1) is 0 Å². The summed E-state index contributed by atoms with van der Waals surface area (Å²) in [6.45, 7) is 0.502. The van der Waals surface area contributed by atoms with Gasteiger partial charge >= 0.3 is 0 Å². The molecule has 1 aromatic carbocycles. The highest BCUT2D eigenvalue weighted by atomic mass is 35.5. The Hall–Kier alpha value is -3.33. The number of carbonyl (C=O) groups is 1. The minimum absolute atomic E-state index is 0.117. The standard InChI is InChI=1S/C27H23ClN4O3S/c28-19-5-1-3-16(11-19)23(33)25(35)32-10-6-21-20(14-32)24(34)31-26(30-21)27(7-8-27)22-12-18(15-36-22)17-4-2-9-29-13-17/h1-5,9,11-13,15,23,33H,6-8,10,14H2,(H,30,31,34)/t23-/m1/s1. The number of H-pyrrole nitrogens is 1. The van der Waals surface area contributed by atoms with E-state index in [1.165, 1.54) is 9.78 Å². The van der Waals surface area contributed by atoms with Crippen molar-refractivity contribution in [3.8, 4) is 11.1 Å². The zero-order valence-electron chi connectivity index (χ0n) is 19.3. The number of rotatable bonds is 5. The summed E-state index contributed by atoms with van der Waals surface area (Å²) in [4.78, 5) is 40.9. The molecule has 182 valence electrons. The van der Waals surface area contributed by atoms with E-state index in [1.54, 1.807) is 41.8 Å². The third-order valence-electron chi connectivity index (χ3n) is 7.05.